The molecule has 0 spiro atoms. The van der Waals surface area contributed by atoms with Crippen LogP contribution in [0.5, 0.6) is 11.5 Å². The van der Waals surface area contributed by atoms with Crippen LogP contribution in [0.3, 0.4) is 0 Å². The van der Waals surface area contributed by atoms with Gasteiger partial charge in [0, 0.05) is 20.2 Å². The highest BCUT2D eigenvalue weighted by atomic mass is 16.5. The second kappa shape index (κ2) is 10.9. The van der Waals surface area contributed by atoms with E-state index in [0.29, 0.717) is 19.8 Å². The lowest BCUT2D eigenvalue weighted by molar-refractivity contribution is 0.129. The molecule has 0 radical (unpaired) electrons. The number of ether oxygens (including phenoxy) is 3. The maximum absolute atomic E-state index is 5.71. The summed E-state index contributed by atoms with van der Waals surface area (Å²) in [5.74, 6) is 3.11. The molecule has 0 heterocycles. The summed E-state index contributed by atoms with van der Waals surface area (Å²) in [5.41, 5.74) is 1.12. The summed E-state index contributed by atoms with van der Waals surface area (Å²) in [4.78, 5) is 4.29. The molecule has 1 aromatic carbocycles. The zero-order chi connectivity index (χ0) is 18.8. The van der Waals surface area contributed by atoms with Crippen LogP contribution in [-0.2, 0) is 4.74 Å². The topological polar surface area (TPSA) is 64.1 Å². The SMILES string of the molecule is CCOc1ccc(C(C)NC(=NC)NCCOCC2CC2)cc1OCC. The van der Waals surface area contributed by atoms with Gasteiger partial charge in [0.1, 0.15) is 0 Å². The van der Waals surface area contributed by atoms with E-state index in [1.807, 2.05) is 26.0 Å². The minimum Gasteiger partial charge on any atom is -0.490 e. The fourth-order valence-corrected chi connectivity index (χ4v) is 2.60. The van der Waals surface area contributed by atoms with E-state index in [1.165, 1.54) is 12.8 Å². The van der Waals surface area contributed by atoms with Gasteiger partial charge in [-0.2, -0.15) is 0 Å². The average molecular weight is 364 g/mol. The molecule has 1 unspecified atom stereocenters. The van der Waals surface area contributed by atoms with Gasteiger partial charge in [0.15, 0.2) is 17.5 Å². The normalized spacial score (nSPS) is 15.5. The highest BCUT2D eigenvalue weighted by Crippen LogP contribution is 2.30. The second-order valence-electron chi connectivity index (χ2n) is 6.46. The van der Waals surface area contributed by atoms with Gasteiger partial charge in [-0.1, -0.05) is 6.07 Å². The van der Waals surface area contributed by atoms with Gasteiger partial charge < -0.3 is 24.8 Å². The highest BCUT2D eigenvalue weighted by Gasteiger charge is 2.20. The van der Waals surface area contributed by atoms with E-state index >= 15 is 0 Å². The molecule has 1 aliphatic carbocycles. The molecule has 1 atom stereocenters. The molecule has 2 rings (SSSR count). The Balaban J connectivity index is 1.85. The van der Waals surface area contributed by atoms with E-state index in [9.17, 15) is 0 Å². The Bertz CT molecular complexity index is 573. The monoisotopic (exact) mass is 363 g/mol. The second-order valence-corrected chi connectivity index (χ2v) is 6.46. The van der Waals surface area contributed by atoms with Gasteiger partial charge >= 0.3 is 0 Å². The van der Waals surface area contributed by atoms with Crippen molar-refractivity contribution in [2.75, 3.05) is 40.0 Å². The lowest BCUT2D eigenvalue weighted by atomic mass is 10.1. The van der Waals surface area contributed by atoms with Gasteiger partial charge in [-0.05, 0) is 57.2 Å². The molecule has 0 aromatic heterocycles. The molecule has 0 aliphatic heterocycles. The summed E-state index contributed by atoms with van der Waals surface area (Å²) >= 11 is 0. The van der Waals surface area contributed by atoms with Gasteiger partial charge in [-0.15, -0.1) is 0 Å². The van der Waals surface area contributed by atoms with E-state index in [4.69, 9.17) is 14.2 Å². The lowest BCUT2D eigenvalue weighted by Crippen LogP contribution is -2.40. The van der Waals surface area contributed by atoms with E-state index < -0.39 is 0 Å². The summed E-state index contributed by atoms with van der Waals surface area (Å²) in [5, 5.41) is 6.70. The number of nitrogens with one attached hydrogen (secondary N) is 2. The van der Waals surface area contributed by atoms with Crippen LogP contribution in [0.4, 0.5) is 0 Å². The van der Waals surface area contributed by atoms with E-state index in [1.54, 1.807) is 7.05 Å². The third-order valence-corrected chi connectivity index (χ3v) is 4.23. The Kier molecular flexibility index (Phi) is 8.54. The largest absolute Gasteiger partial charge is 0.490 e. The number of guanidine groups is 1. The third kappa shape index (κ3) is 6.75. The van der Waals surface area contributed by atoms with Gasteiger partial charge in [-0.25, -0.2) is 0 Å². The van der Waals surface area contributed by atoms with Crippen molar-refractivity contribution in [3.63, 3.8) is 0 Å². The summed E-state index contributed by atoms with van der Waals surface area (Å²) in [6, 6.07) is 6.13. The number of benzene rings is 1. The Labute approximate surface area is 157 Å². The maximum Gasteiger partial charge on any atom is 0.191 e. The van der Waals surface area contributed by atoms with Crippen LogP contribution in [0.15, 0.2) is 23.2 Å². The molecule has 0 bridgehead atoms. The summed E-state index contributed by atoms with van der Waals surface area (Å²) in [6.07, 6.45) is 2.64. The molecule has 1 aromatic rings. The minimum absolute atomic E-state index is 0.0865. The van der Waals surface area contributed by atoms with Crippen LogP contribution in [0, 0.1) is 5.92 Å². The zero-order valence-electron chi connectivity index (χ0n) is 16.5. The Morgan fingerprint density at radius 3 is 2.58 bits per heavy atom. The third-order valence-electron chi connectivity index (χ3n) is 4.23. The van der Waals surface area contributed by atoms with Crippen LogP contribution in [0.25, 0.3) is 0 Å². The van der Waals surface area contributed by atoms with Crippen molar-refractivity contribution in [1.82, 2.24) is 10.6 Å². The fourth-order valence-electron chi connectivity index (χ4n) is 2.60. The minimum atomic E-state index is 0.0865. The van der Waals surface area contributed by atoms with Crippen LogP contribution >= 0.6 is 0 Å². The molecule has 6 heteroatoms. The van der Waals surface area contributed by atoms with Crippen molar-refractivity contribution in [3.05, 3.63) is 23.8 Å². The molecule has 0 amide bonds. The Morgan fingerprint density at radius 1 is 1.19 bits per heavy atom. The zero-order valence-corrected chi connectivity index (χ0v) is 16.5. The molecular weight excluding hydrogens is 330 g/mol. The number of hydrogen-bond donors (Lipinski definition) is 2. The molecule has 0 saturated heterocycles. The first-order valence-corrected chi connectivity index (χ1v) is 9.62. The molecule has 1 fully saturated rings. The standard InChI is InChI=1S/C20H33N3O3/c1-5-25-18-10-9-17(13-19(18)26-6-2)15(3)23-20(21-4)22-11-12-24-14-16-7-8-16/h9-10,13,15-16H,5-8,11-12,14H2,1-4H3,(H2,21,22,23). The van der Waals surface area contributed by atoms with Crippen LogP contribution in [0.2, 0.25) is 0 Å². The molecule has 6 nitrogen and oxygen atoms in total. The predicted octanol–water partition coefficient (Wildman–Crippen LogP) is 3.14. The van der Waals surface area contributed by atoms with Crippen molar-refractivity contribution in [2.45, 2.75) is 39.7 Å². The summed E-state index contributed by atoms with van der Waals surface area (Å²) in [6.45, 7) is 9.59. The number of nitrogens with zero attached hydrogens (tertiary/aromatic N) is 1. The first kappa shape index (κ1) is 20.4. The first-order chi connectivity index (χ1) is 12.7. The van der Waals surface area contributed by atoms with Crippen LogP contribution in [0.1, 0.15) is 45.2 Å². The van der Waals surface area contributed by atoms with Gasteiger partial charge in [0.2, 0.25) is 0 Å². The van der Waals surface area contributed by atoms with Crippen molar-refractivity contribution in [3.8, 4) is 11.5 Å². The molecule has 1 aliphatic rings. The number of hydrogen-bond acceptors (Lipinski definition) is 4. The van der Waals surface area contributed by atoms with Gasteiger partial charge in [0.25, 0.3) is 0 Å². The predicted molar refractivity (Wildman–Crippen MR) is 105 cm³/mol. The van der Waals surface area contributed by atoms with Gasteiger partial charge in [-0.3, -0.25) is 4.99 Å². The lowest BCUT2D eigenvalue weighted by Gasteiger charge is -2.20. The molecular formula is C20H33N3O3. The highest BCUT2D eigenvalue weighted by molar-refractivity contribution is 5.80. The quantitative estimate of drug-likeness (QED) is 0.359. The Hall–Kier alpha value is -1.95. The molecule has 26 heavy (non-hydrogen) atoms. The van der Waals surface area contributed by atoms with Crippen LogP contribution in [-0.4, -0.2) is 46.0 Å². The van der Waals surface area contributed by atoms with Gasteiger partial charge in [0.05, 0.1) is 25.9 Å². The van der Waals surface area contributed by atoms with Crippen LogP contribution < -0.4 is 20.1 Å². The molecule has 2 N–H and O–H groups in total. The average Bonchev–Trinajstić information content (AvgIpc) is 3.46. The fraction of sp³-hybridized carbons (Fsp3) is 0.650. The van der Waals surface area contributed by atoms with E-state index in [-0.39, 0.29) is 6.04 Å². The number of aliphatic imine (C=N–C) groups is 1. The van der Waals surface area contributed by atoms with E-state index in [0.717, 1.165) is 42.1 Å². The summed E-state index contributed by atoms with van der Waals surface area (Å²) < 4.78 is 17.0. The first-order valence-electron chi connectivity index (χ1n) is 9.62. The summed E-state index contributed by atoms with van der Waals surface area (Å²) in [7, 11) is 1.77. The van der Waals surface area contributed by atoms with Crippen molar-refractivity contribution in [1.29, 1.82) is 0 Å². The Morgan fingerprint density at radius 2 is 1.92 bits per heavy atom. The van der Waals surface area contributed by atoms with Crippen molar-refractivity contribution >= 4 is 5.96 Å². The van der Waals surface area contributed by atoms with Crippen molar-refractivity contribution in [2.24, 2.45) is 10.9 Å². The van der Waals surface area contributed by atoms with Crippen molar-refractivity contribution < 1.29 is 14.2 Å². The number of rotatable bonds is 11. The molecule has 146 valence electrons. The molecule has 1 saturated carbocycles. The van der Waals surface area contributed by atoms with E-state index in [2.05, 4.69) is 28.6 Å². The smallest absolute Gasteiger partial charge is 0.191 e. The maximum atomic E-state index is 5.71.